The standard InChI is InChI=1S/C14H27NO2/c1-4-9-14(17,10-5-2)11-13(16)15(3)12-7-6-8-12/h12,17H,4-11H2,1-3H3. The first-order chi connectivity index (χ1) is 8.02. The minimum Gasteiger partial charge on any atom is -0.389 e. The van der Waals surface area contributed by atoms with Crippen LogP contribution >= 0.6 is 0 Å². The number of hydrogen-bond donors (Lipinski definition) is 1. The lowest BCUT2D eigenvalue weighted by molar-refractivity contribution is -0.139. The fraction of sp³-hybridized carbons (Fsp3) is 0.929. The Morgan fingerprint density at radius 2 is 1.82 bits per heavy atom. The Hall–Kier alpha value is -0.570. The van der Waals surface area contributed by atoms with E-state index in [-0.39, 0.29) is 5.91 Å². The number of rotatable bonds is 7. The average Bonchev–Trinajstić information content (AvgIpc) is 2.15. The molecule has 1 fully saturated rings. The molecule has 17 heavy (non-hydrogen) atoms. The molecule has 0 bridgehead atoms. The minimum atomic E-state index is -0.779. The van der Waals surface area contributed by atoms with Gasteiger partial charge in [-0.2, -0.15) is 0 Å². The van der Waals surface area contributed by atoms with E-state index in [1.165, 1.54) is 6.42 Å². The zero-order valence-corrected chi connectivity index (χ0v) is 11.5. The van der Waals surface area contributed by atoms with Crippen LogP contribution in [0.2, 0.25) is 0 Å². The molecule has 0 aromatic rings. The van der Waals surface area contributed by atoms with E-state index in [2.05, 4.69) is 13.8 Å². The fourth-order valence-electron chi connectivity index (χ4n) is 2.62. The predicted molar refractivity (Wildman–Crippen MR) is 69.8 cm³/mol. The molecule has 0 aromatic carbocycles. The topological polar surface area (TPSA) is 40.5 Å². The Morgan fingerprint density at radius 1 is 1.29 bits per heavy atom. The van der Waals surface area contributed by atoms with E-state index < -0.39 is 5.60 Å². The molecule has 0 aliphatic heterocycles. The van der Waals surface area contributed by atoms with E-state index in [9.17, 15) is 9.90 Å². The number of nitrogens with zero attached hydrogens (tertiary/aromatic N) is 1. The molecule has 1 N–H and O–H groups in total. The predicted octanol–water partition coefficient (Wildman–Crippen LogP) is 2.72. The summed E-state index contributed by atoms with van der Waals surface area (Å²) in [4.78, 5) is 14.0. The van der Waals surface area contributed by atoms with Gasteiger partial charge in [0, 0.05) is 13.1 Å². The van der Waals surface area contributed by atoms with Crippen molar-refractivity contribution in [2.24, 2.45) is 0 Å². The van der Waals surface area contributed by atoms with Crippen LogP contribution in [0.5, 0.6) is 0 Å². The van der Waals surface area contributed by atoms with Crippen molar-refractivity contribution in [3.63, 3.8) is 0 Å². The Kier molecular flexibility index (Phi) is 5.44. The maximum absolute atomic E-state index is 12.1. The first-order valence-corrected chi connectivity index (χ1v) is 7.00. The smallest absolute Gasteiger partial charge is 0.225 e. The highest BCUT2D eigenvalue weighted by molar-refractivity contribution is 5.77. The summed E-state index contributed by atoms with van der Waals surface area (Å²) < 4.78 is 0. The molecule has 0 radical (unpaired) electrons. The third kappa shape index (κ3) is 3.98. The summed E-state index contributed by atoms with van der Waals surface area (Å²) in [5.41, 5.74) is -0.779. The van der Waals surface area contributed by atoms with E-state index in [1.54, 1.807) is 0 Å². The highest BCUT2D eigenvalue weighted by Gasteiger charge is 2.32. The SMILES string of the molecule is CCCC(O)(CCC)CC(=O)N(C)C1CCC1. The van der Waals surface area contributed by atoms with Gasteiger partial charge >= 0.3 is 0 Å². The van der Waals surface area contributed by atoms with Gasteiger partial charge < -0.3 is 10.0 Å². The lowest BCUT2D eigenvalue weighted by Crippen LogP contribution is -2.45. The van der Waals surface area contributed by atoms with Gasteiger partial charge in [-0.05, 0) is 32.1 Å². The van der Waals surface area contributed by atoms with Gasteiger partial charge in [0.1, 0.15) is 0 Å². The molecule has 100 valence electrons. The van der Waals surface area contributed by atoms with E-state index >= 15 is 0 Å². The molecule has 3 nitrogen and oxygen atoms in total. The maximum atomic E-state index is 12.1. The summed E-state index contributed by atoms with van der Waals surface area (Å²) in [5, 5.41) is 10.5. The van der Waals surface area contributed by atoms with Crippen molar-refractivity contribution in [1.82, 2.24) is 4.90 Å². The normalized spacial score (nSPS) is 16.7. The second kappa shape index (κ2) is 6.39. The van der Waals surface area contributed by atoms with Crippen LogP contribution in [0.3, 0.4) is 0 Å². The number of carbonyl (C=O) groups is 1. The average molecular weight is 241 g/mol. The molecule has 1 rings (SSSR count). The van der Waals surface area contributed by atoms with E-state index in [0.717, 1.165) is 38.5 Å². The summed E-state index contributed by atoms with van der Waals surface area (Å²) in [6.45, 7) is 4.11. The van der Waals surface area contributed by atoms with Gasteiger partial charge in [-0.25, -0.2) is 0 Å². The van der Waals surface area contributed by atoms with Crippen molar-refractivity contribution >= 4 is 5.91 Å². The van der Waals surface area contributed by atoms with Crippen LogP contribution in [0.15, 0.2) is 0 Å². The van der Waals surface area contributed by atoms with Gasteiger partial charge in [-0.15, -0.1) is 0 Å². The first-order valence-electron chi connectivity index (χ1n) is 7.00. The Labute approximate surface area is 105 Å². The fourth-order valence-corrected chi connectivity index (χ4v) is 2.62. The lowest BCUT2D eigenvalue weighted by Gasteiger charge is -2.37. The van der Waals surface area contributed by atoms with Gasteiger partial charge in [0.25, 0.3) is 0 Å². The van der Waals surface area contributed by atoms with Gasteiger partial charge in [0.2, 0.25) is 5.91 Å². The monoisotopic (exact) mass is 241 g/mol. The van der Waals surface area contributed by atoms with Crippen LogP contribution in [-0.4, -0.2) is 34.6 Å². The molecule has 0 aromatic heterocycles. The molecule has 0 saturated heterocycles. The minimum absolute atomic E-state index is 0.110. The van der Waals surface area contributed by atoms with E-state index in [1.807, 2.05) is 11.9 Å². The summed E-state index contributed by atoms with van der Waals surface area (Å²) >= 11 is 0. The second-order valence-corrected chi connectivity index (χ2v) is 5.49. The third-order valence-electron chi connectivity index (χ3n) is 3.93. The van der Waals surface area contributed by atoms with Crippen LogP contribution in [0.4, 0.5) is 0 Å². The molecular formula is C14H27NO2. The van der Waals surface area contributed by atoms with Crippen LogP contribution in [-0.2, 0) is 4.79 Å². The van der Waals surface area contributed by atoms with Crippen molar-refractivity contribution < 1.29 is 9.90 Å². The molecular weight excluding hydrogens is 214 g/mol. The zero-order valence-electron chi connectivity index (χ0n) is 11.5. The van der Waals surface area contributed by atoms with Crippen LogP contribution < -0.4 is 0 Å². The highest BCUT2D eigenvalue weighted by Crippen LogP contribution is 2.28. The van der Waals surface area contributed by atoms with Crippen LogP contribution in [0.1, 0.15) is 65.2 Å². The Bertz CT molecular complexity index is 243. The van der Waals surface area contributed by atoms with Crippen molar-refractivity contribution in [3.8, 4) is 0 Å². The van der Waals surface area contributed by atoms with Crippen LogP contribution in [0.25, 0.3) is 0 Å². The molecule has 0 spiro atoms. The van der Waals surface area contributed by atoms with Crippen molar-refractivity contribution in [2.45, 2.75) is 76.9 Å². The molecule has 1 saturated carbocycles. The van der Waals surface area contributed by atoms with Crippen molar-refractivity contribution in [1.29, 1.82) is 0 Å². The maximum Gasteiger partial charge on any atom is 0.225 e. The van der Waals surface area contributed by atoms with Crippen molar-refractivity contribution in [3.05, 3.63) is 0 Å². The first kappa shape index (κ1) is 14.5. The van der Waals surface area contributed by atoms with Gasteiger partial charge in [-0.1, -0.05) is 26.7 Å². The van der Waals surface area contributed by atoms with E-state index in [4.69, 9.17) is 0 Å². The molecule has 1 aliphatic carbocycles. The Balaban J connectivity index is 2.50. The molecule has 1 amide bonds. The number of amides is 1. The summed E-state index contributed by atoms with van der Waals surface area (Å²) in [6, 6.07) is 0.426. The number of aliphatic hydroxyl groups is 1. The highest BCUT2D eigenvalue weighted by atomic mass is 16.3. The second-order valence-electron chi connectivity index (χ2n) is 5.49. The van der Waals surface area contributed by atoms with Crippen molar-refractivity contribution in [2.75, 3.05) is 7.05 Å². The number of carbonyl (C=O) groups excluding carboxylic acids is 1. The third-order valence-corrected chi connectivity index (χ3v) is 3.93. The van der Waals surface area contributed by atoms with E-state index in [0.29, 0.717) is 12.5 Å². The van der Waals surface area contributed by atoms with Gasteiger partial charge in [0.05, 0.1) is 12.0 Å². The molecule has 0 unspecified atom stereocenters. The lowest BCUT2D eigenvalue weighted by atomic mass is 9.87. The molecule has 3 heteroatoms. The molecule has 1 aliphatic rings. The summed E-state index contributed by atoms with van der Waals surface area (Å²) in [5.74, 6) is 0.110. The number of hydrogen-bond acceptors (Lipinski definition) is 2. The largest absolute Gasteiger partial charge is 0.389 e. The summed E-state index contributed by atoms with van der Waals surface area (Å²) in [7, 11) is 1.88. The Morgan fingerprint density at radius 3 is 2.18 bits per heavy atom. The molecule has 0 heterocycles. The summed E-state index contributed by atoms with van der Waals surface area (Å²) in [6.07, 6.45) is 7.09. The van der Waals surface area contributed by atoms with Crippen LogP contribution in [0, 0.1) is 0 Å². The zero-order chi connectivity index (χ0) is 12.9. The van der Waals surface area contributed by atoms with Gasteiger partial charge in [-0.3, -0.25) is 4.79 Å². The molecule has 0 atom stereocenters. The quantitative estimate of drug-likeness (QED) is 0.744. The van der Waals surface area contributed by atoms with Gasteiger partial charge in [0.15, 0.2) is 0 Å².